The molecule has 0 radical (unpaired) electrons. The summed E-state index contributed by atoms with van der Waals surface area (Å²) in [5.74, 6) is 3.90. The SMILES string of the molecule is CC(C)[C@H]1[C@@H]2C[C@]3(C)[C@@H](Br)CC[C@@](C)(O)[C@H]3[C@@H]21. The molecule has 0 bridgehead atoms. The maximum atomic E-state index is 10.8. The Morgan fingerprint density at radius 2 is 1.94 bits per heavy atom. The highest BCUT2D eigenvalue weighted by molar-refractivity contribution is 9.09. The van der Waals surface area contributed by atoms with Gasteiger partial charge in [0.2, 0.25) is 0 Å². The fourth-order valence-corrected chi connectivity index (χ4v) is 6.24. The molecule has 0 spiro atoms. The number of rotatable bonds is 1. The molecule has 0 aromatic heterocycles. The Morgan fingerprint density at radius 1 is 1.29 bits per heavy atom. The minimum absolute atomic E-state index is 0.336. The van der Waals surface area contributed by atoms with Gasteiger partial charge >= 0.3 is 0 Å². The topological polar surface area (TPSA) is 20.2 Å². The summed E-state index contributed by atoms with van der Waals surface area (Å²) < 4.78 is 0. The molecule has 3 aliphatic rings. The molecule has 0 aromatic carbocycles. The van der Waals surface area contributed by atoms with Gasteiger partial charge < -0.3 is 5.11 Å². The van der Waals surface area contributed by atoms with E-state index in [2.05, 4.69) is 43.6 Å². The molecule has 3 saturated carbocycles. The number of hydrogen-bond acceptors (Lipinski definition) is 1. The van der Waals surface area contributed by atoms with Gasteiger partial charge in [-0.3, -0.25) is 0 Å². The van der Waals surface area contributed by atoms with E-state index in [1.54, 1.807) is 0 Å². The van der Waals surface area contributed by atoms with Gasteiger partial charge in [-0.05, 0) is 61.2 Å². The summed E-state index contributed by atoms with van der Waals surface area (Å²) in [6.07, 6.45) is 3.43. The molecule has 1 N–H and O–H groups in total. The maximum absolute atomic E-state index is 10.8. The van der Waals surface area contributed by atoms with Gasteiger partial charge in [-0.15, -0.1) is 0 Å². The predicted molar refractivity (Wildman–Crippen MR) is 74.1 cm³/mol. The monoisotopic (exact) mass is 300 g/mol. The first kappa shape index (κ1) is 12.5. The van der Waals surface area contributed by atoms with E-state index >= 15 is 0 Å². The van der Waals surface area contributed by atoms with Crippen molar-refractivity contribution in [2.45, 2.75) is 57.4 Å². The van der Waals surface area contributed by atoms with Crippen LogP contribution in [0.2, 0.25) is 0 Å². The first-order chi connectivity index (χ1) is 7.79. The van der Waals surface area contributed by atoms with Gasteiger partial charge in [0, 0.05) is 4.83 Å². The molecule has 3 rings (SSSR count). The van der Waals surface area contributed by atoms with Crippen molar-refractivity contribution in [2.75, 3.05) is 0 Å². The van der Waals surface area contributed by atoms with E-state index in [4.69, 9.17) is 0 Å². The Kier molecular flexibility index (Phi) is 2.57. The molecule has 7 atom stereocenters. The van der Waals surface area contributed by atoms with E-state index in [1.807, 2.05) is 0 Å². The molecule has 1 nitrogen and oxygen atoms in total. The van der Waals surface area contributed by atoms with Crippen LogP contribution in [0.1, 0.15) is 47.0 Å². The lowest BCUT2D eigenvalue weighted by Gasteiger charge is -2.51. The van der Waals surface area contributed by atoms with E-state index in [-0.39, 0.29) is 0 Å². The molecule has 0 saturated heterocycles. The number of hydrogen-bond donors (Lipinski definition) is 1. The van der Waals surface area contributed by atoms with E-state index in [1.165, 1.54) is 6.42 Å². The average molecular weight is 301 g/mol. The zero-order valence-corrected chi connectivity index (χ0v) is 13.0. The second-order valence-corrected chi connectivity index (χ2v) is 8.72. The number of aliphatic hydroxyl groups is 1. The fourth-order valence-electron chi connectivity index (χ4n) is 5.53. The Bertz CT molecular complexity index is 338. The molecular weight excluding hydrogens is 276 g/mol. The minimum Gasteiger partial charge on any atom is -0.390 e. The van der Waals surface area contributed by atoms with E-state index < -0.39 is 5.60 Å². The molecule has 0 heterocycles. The minimum atomic E-state index is -0.428. The Labute approximate surface area is 113 Å². The van der Waals surface area contributed by atoms with E-state index in [0.29, 0.717) is 16.2 Å². The fraction of sp³-hybridized carbons (Fsp3) is 1.00. The van der Waals surface area contributed by atoms with Crippen LogP contribution < -0.4 is 0 Å². The van der Waals surface area contributed by atoms with E-state index in [9.17, 15) is 5.11 Å². The summed E-state index contributed by atoms with van der Waals surface area (Å²) in [5.41, 5.74) is -0.0927. The molecule has 0 aromatic rings. The zero-order chi connectivity index (χ0) is 12.6. The molecule has 3 fully saturated rings. The maximum Gasteiger partial charge on any atom is 0.0656 e. The van der Waals surface area contributed by atoms with Crippen LogP contribution in [0.3, 0.4) is 0 Å². The summed E-state index contributed by atoms with van der Waals surface area (Å²) in [6.45, 7) is 9.20. The summed E-state index contributed by atoms with van der Waals surface area (Å²) in [4.78, 5) is 0.612. The lowest BCUT2D eigenvalue weighted by molar-refractivity contribution is -0.0934. The normalized spacial score (nSPS) is 61.2. The predicted octanol–water partition coefficient (Wildman–Crippen LogP) is 3.84. The van der Waals surface area contributed by atoms with Crippen LogP contribution in [-0.2, 0) is 0 Å². The number of alkyl halides is 1. The van der Waals surface area contributed by atoms with Crippen LogP contribution >= 0.6 is 15.9 Å². The summed E-state index contributed by atoms with van der Waals surface area (Å²) in [5, 5.41) is 10.8. The molecular formula is C15H25BrO. The van der Waals surface area contributed by atoms with Gasteiger partial charge in [-0.2, -0.15) is 0 Å². The van der Waals surface area contributed by atoms with Crippen molar-refractivity contribution in [1.82, 2.24) is 0 Å². The van der Waals surface area contributed by atoms with E-state index in [0.717, 1.165) is 36.5 Å². The largest absolute Gasteiger partial charge is 0.390 e. The first-order valence-electron chi connectivity index (χ1n) is 7.15. The summed E-state index contributed by atoms with van der Waals surface area (Å²) in [6, 6.07) is 0. The van der Waals surface area contributed by atoms with Gasteiger partial charge in [0.15, 0.2) is 0 Å². The molecule has 98 valence electrons. The Morgan fingerprint density at radius 3 is 2.53 bits per heavy atom. The third-order valence-electron chi connectivity index (χ3n) is 6.12. The van der Waals surface area contributed by atoms with Crippen LogP contribution in [0.5, 0.6) is 0 Å². The van der Waals surface area contributed by atoms with Crippen molar-refractivity contribution < 1.29 is 5.11 Å². The summed E-state index contributed by atoms with van der Waals surface area (Å²) >= 11 is 3.90. The van der Waals surface area contributed by atoms with Gasteiger partial charge in [0.25, 0.3) is 0 Å². The summed E-state index contributed by atoms with van der Waals surface area (Å²) in [7, 11) is 0. The Balaban J connectivity index is 1.92. The average Bonchev–Trinajstić information content (AvgIpc) is 2.77. The van der Waals surface area contributed by atoms with Crippen molar-refractivity contribution in [3.05, 3.63) is 0 Å². The van der Waals surface area contributed by atoms with Crippen LogP contribution in [0.15, 0.2) is 0 Å². The molecule has 3 aliphatic carbocycles. The quantitative estimate of drug-likeness (QED) is 0.730. The van der Waals surface area contributed by atoms with Gasteiger partial charge in [0.05, 0.1) is 5.60 Å². The smallest absolute Gasteiger partial charge is 0.0656 e. The van der Waals surface area contributed by atoms with Gasteiger partial charge in [0.1, 0.15) is 0 Å². The number of fused-ring (bicyclic) bond motifs is 3. The third-order valence-corrected chi connectivity index (χ3v) is 7.63. The van der Waals surface area contributed by atoms with Crippen molar-refractivity contribution in [3.63, 3.8) is 0 Å². The Hall–Kier alpha value is 0.440. The number of halogens is 1. The van der Waals surface area contributed by atoms with Gasteiger partial charge in [-0.1, -0.05) is 36.7 Å². The second kappa shape index (κ2) is 3.50. The van der Waals surface area contributed by atoms with Crippen LogP contribution in [-0.4, -0.2) is 15.5 Å². The molecule has 17 heavy (non-hydrogen) atoms. The van der Waals surface area contributed by atoms with Crippen LogP contribution in [0, 0.1) is 35.0 Å². The van der Waals surface area contributed by atoms with Crippen LogP contribution in [0.4, 0.5) is 0 Å². The third kappa shape index (κ3) is 1.52. The van der Waals surface area contributed by atoms with Crippen molar-refractivity contribution >= 4 is 15.9 Å². The van der Waals surface area contributed by atoms with Crippen LogP contribution in [0.25, 0.3) is 0 Å². The molecule has 0 unspecified atom stereocenters. The molecule has 0 aliphatic heterocycles. The lowest BCUT2D eigenvalue weighted by Crippen LogP contribution is -2.52. The standard InChI is InChI=1S/C15H25BrO/c1-8(2)11-9-7-14(3)10(16)5-6-15(4,17)13(14)12(9)11/h8-13,17H,5-7H2,1-4H3/t9-,10-,11-,12-,13-,14+,15+/m0/s1. The lowest BCUT2D eigenvalue weighted by atomic mass is 9.59. The molecule has 2 heteroatoms. The van der Waals surface area contributed by atoms with Crippen molar-refractivity contribution in [2.24, 2.45) is 35.0 Å². The first-order valence-corrected chi connectivity index (χ1v) is 8.07. The highest BCUT2D eigenvalue weighted by atomic mass is 79.9. The molecule has 0 amide bonds. The van der Waals surface area contributed by atoms with Crippen molar-refractivity contribution in [1.29, 1.82) is 0 Å². The van der Waals surface area contributed by atoms with Crippen molar-refractivity contribution in [3.8, 4) is 0 Å². The van der Waals surface area contributed by atoms with Gasteiger partial charge in [-0.25, -0.2) is 0 Å². The zero-order valence-electron chi connectivity index (χ0n) is 11.4. The highest BCUT2D eigenvalue weighted by Gasteiger charge is 2.72. The second-order valence-electron chi connectivity index (χ2n) is 7.61. The highest BCUT2D eigenvalue weighted by Crippen LogP contribution is 2.74.